The summed E-state index contributed by atoms with van der Waals surface area (Å²) in [4.78, 5) is 13.5. The second kappa shape index (κ2) is 3.74. The molecule has 2 heterocycles. The molecule has 0 aromatic heterocycles. The summed E-state index contributed by atoms with van der Waals surface area (Å²) in [7, 11) is 0. The molecular formula is C11H19FN2O. The van der Waals surface area contributed by atoms with Gasteiger partial charge >= 0.3 is 0 Å². The van der Waals surface area contributed by atoms with Crippen molar-refractivity contribution in [2.75, 3.05) is 26.2 Å². The first-order valence-corrected chi connectivity index (χ1v) is 5.66. The monoisotopic (exact) mass is 214 g/mol. The molecule has 2 aliphatic heterocycles. The SMILES string of the molecule is CC(C)(F)C(=O)N1CC2CNCC(C2)C1. The van der Waals surface area contributed by atoms with Crippen molar-refractivity contribution in [2.24, 2.45) is 11.8 Å². The highest BCUT2D eigenvalue weighted by atomic mass is 19.1. The van der Waals surface area contributed by atoms with Gasteiger partial charge in [-0.3, -0.25) is 4.79 Å². The molecule has 2 unspecified atom stereocenters. The normalized spacial score (nSPS) is 31.5. The molecule has 0 saturated carbocycles. The van der Waals surface area contributed by atoms with Gasteiger partial charge in [0.25, 0.3) is 5.91 Å². The summed E-state index contributed by atoms with van der Waals surface area (Å²) in [5, 5.41) is 3.35. The van der Waals surface area contributed by atoms with E-state index < -0.39 is 5.67 Å². The van der Waals surface area contributed by atoms with Gasteiger partial charge in [0.1, 0.15) is 0 Å². The van der Waals surface area contributed by atoms with Crippen LogP contribution in [0.25, 0.3) is 0 Å². The fourth-order valence-corrected chi connectivity index (χ4v) is 2.65. The molecule has 0 aromatic rings. The first kappa shape index (κ1) is 10.9. The average molecular weight is 214 g/mol. The molecule has 0 aliphatic carbocycles. The number of fused-ring (bicyclic) bond motifs is 2. The number of nitrogens with zero attached hydrogens (tertiary/aromatic N) is 1. The molecule has 2 atom stereocenters. The molecule has 0 spiro atoms. The predicted octanol–water partition coefficient (Wildman–Crippen LogP) is 0.802. The molecule has 0 radical (unpaired) electrons. The van der Waals surface area contributed by atoms with Gasteiger partial charge in [-0.1, -0.05) is 0 Å². The lowest BCUT2D eigenvalue weighted by Crippen LogP contribution is -2.55. The van der Waals surface area contributed by atoms with Crippen LogP contribution in [0.1, 0.15) is 20.3 Å². The van der Waals surface area contributed by atoms with Crippen molar-refractivity contribution >= 4 is 5.91 Å². The Morgan fingerprint density at radius 2 is 1.87 bits per heavy atom. The van der Waals surface area contributed by atoms with Gasteiger partial charge in [-0.25, -0.2) is 4.39 Å². The third-order valence-electron chi connectivity index (χ3n) is 3.29. The first-order chi connectivity index (χ1) is 6.97. The van der Waals surface area contributed by atoms with Crippen LogP contribution in [0.4, 0.5) is 4.39 Å². The van der Waals surface area contributed by atoms with Crippen LogP contribution in [0.3, 0.4) is 0 Å². The van der Waals surface area contributed by atoms with Gasteiger partial charge in [0.15, 0.2) is 5.67 Å². The van der Waals surface area contributed by atoms with E-state index in [1.807, 2.05) is 0 Å². The summed E-state index contributed by atoms with van der Waals surface area (Å²) in [6.45, 7) is 6.06. The quantitative estimate of drug-likeness (QED) is 0.700. The summed E-state index contributed by atoms with van der Waals surface area (Å²) < 4.78 is 13.5. The number of hydrogen-bond donors (Lipinski definition) is 1. The molecule has 86 valence electrons. The molecule has 2 saturated heterocycles. The van der Waals surface area contributed by atoms with Crippen molar-refractivity contribution in [1.82, 2.24) is 10.2 Å². The molecule has 15 heavy (non-hydrogen) atoms. The lowest BCUT2D eigenvalue weighted by atomic mass is 9.85. The number of hydrogen-bond acceptors (Lipinski definition) is 2. The minimum atomic E-state index is -1.72. The minimum absolute atomic E-state index is 0.348. The predicted molar refractivity (Wildman–Crippen MR) is 56.2 cm³/mol. The van der Waals surface area contributed by atoms with Crippen LogP contribution in [0, 0.1) is 11.8 Å². The van der Waals surface area contributed by atoms with Gasteiger partial charge < -0.3 is 10.2 Å². The lowest BCUT2D eigenvalue weighted by molar-refractivity contribution is -0.145. The van der Waals surface area contributed by atoms with Crippen molar-refractivity contribution in [3.63, 3.8) is 0 Å². The summed E-state index contributed by atoms with van der Waals surface area (Å²) in [5.74, 6) is 0.687. The highest BCUT2D eigenvalue weighted by Crippen LogP contribution is 2.26. The van der Waals surface area contributed by atoms with Crippen LogP contribution in [-0.4, -0.2) is 42.7 Å². The molecule has 2 fully saturated rings. The minimum Gasteiger partial charge on any atom is -0.339 e. The van der Waals surface area contributed by atoms with Crippen LogP contribution >= 0.6 is 0 Å². The summed E-state index contributed by atoms with van der Waals surface area (Å²) in [6.07, 6.45) is 1.18. The Hall–Kier alpha value is -0.640. The topological polar surface area (TPSA) is 32.3 Å². The number of piperidine rings is 2. The van der Waals surface area contributed by atoms with E-state index in [4.69, 9.17) is 0 Å². The third-order valence-corrected chi connectivity index (χ3v) is 3.29. The molecule has 1 amide bonds. The van der Waals surface area contributed by atoms with Crippen molar-refractivity contribution in [3.8, 4) is 0 Å². The molecule has 4 heteroatoms. The number of likely N-dealkylation sites (tertiary alicyclic amines) is 1. The lowest BCUT2D eigenvalue weighted by Gasteiger charge is -2.42. The standard InChI is InChI=1S/C11H19FN2O/c1-11(2,12)10(15)14-6-8-3-9(7-14)5-13-4-8/h8-9,13H,3-7H2,1-2H3. The number of rotatable bonds is 1. The first-order valence-electron chi connectivity index (χ1n) is 5.66. The highest BCUT2D eigenvalue weighted by Gasteiger charge is 2.38. The van der Waals surface area contributed by atoms with Crippen LogP contribution in [0.15, 0.2) is 0 Å². The Kier molecular flexibility index (Phi) is 2.71. The summed E-state index contributed by atoms with van der Waals surface area (Å²) in [5.41, 5.74) is -1.72. The molecule has 2 rings (SSSR count). The fourth-order valence-electron chi connectivity index (χ4n) is 2.65. The van der Waals surface area contributed by atoms with E-state index in [1.54, 1.807) is 4.90 Å². The number of carbonyl (C=O) groups excluding carboxylic acids is 1. The van der Waals surface area contributed by atoms with Crippen LogP contribution in [0.2, 0.25) is 0 Å². The summed E-state index contributed by atoms with van der Waals surface area (Å²) in [6, 6.07) is 0. The van der Waals surface area contributed by atoms with Gasteiger partial charge in [0, 0.05) is 13.1 Å². The van der Waals surface area contributed by atoms with Crippen molar-refractivity contribution < 1.29 is 9.18 Å². The zero-order valence-electron chi connectivity index (χ0n) is 9.42. The van der Waals surface area contributed by atoms with E-state index in [9.17, 15) is 9.18 Å². The van der Waals surface area contributed by atoms with Crippen LogP contribution in [0.5, 0.6) is 0 Å². The second-order valence-electron chi connectivity index (χ2n) is 5.31. The van der Waals surface area contributed by atoms with E-state index in [1.165, 1.54) is 20.3 Å². The summed E-state index contributed by atoms with van der Waals surface area (Å²) >= 11 is 0. The fraction of sp³-hybridized carbons (Fsp3) is 0.909. The molecule has 3 nitrogen and oxygen atoms in total. The Labute approximate surface area is 90.0 Å². The van der Waals surface area contributed by atoms with Gasteiger partial charge in [-0.05, 0) is 45.2 Å². The Morgan fingerprint density at radius 3 is 2.33 bits per heavy atom. The average Bonchev–Trinajstić information content (AvgIpc) is 2.14. The molecule has 0 aromatic carbocycles. The molecule has 2 bridgehead atoms. The maximum absolute atomic E-state index is 13.5. The maximum Gasteiger partial charge on any atom is 0.259 e. The number of amides is 1. The van der Waals surface area contributed by atoms with E-state index in [0.717, 1.165) is 26.2 Å². The third kappa shape index (κ3) is 2.30. The van der Waals surface area contributed by atoms with Gasteiger partial charge in [0.05, 0.1) is 0 Å². The Bertz CT molecular complexity index is 250. The van der Waals surface area contributed by atoms with E-state index >= 15 is 0 Å². The smallest absolute Gasteiger partial charge is 0.259 e. The Balaban J connectivity index is 2.02. The molecule has 2 aliphatic rings. The largest absolute Gasteiger partial charge is 0.339 e. The number of alkyl halides is 1. The van der Waals surface area contributed by atoms with Gasteiger partial charge in [0.2, 0.25) is 0 Å². The van der Waals surface area contributed by atoms with E-state index in [0.29, 0.717) is 11.8 Å². The number of halogens is 1. The maximum atomic E-state index is 13.5. The molecular weight excluding hydrogens is 195 g/mol. The van der Waals surface area contributed by atoms with Gasteiger partial charge in [-0.2, -0.15) is 0 Å². The van der Waals surface area contributed by atoms with Crippen molar-refractivity contribution in [1.29, 1.82) is 0 Å². The number of carbonyl (C=O) groups is 1. The number of nitrogens with one attached hydrogen (secondary N) is 1. The van der Waals surface area contributed by atoms with Crippen LogP contribution in [-0.2, 0) is 4.79 Å². The second-order valence-corrected chi connectivity index (χ2v) is 5.31. The highest BCUT2D eigenvalue weighted by molar-refractivity contribution is 5.84. The van der Waals surface area contributed by atoms with E-state index in [-0.39, 0.29) is 5.91 Å². The van der Waals surface area contributed by atoms with Crippen LogP contribution < -0.4 is 5.32 Å². The zero-order chi connectivity index (χ0) is 11.1. The molecule has 1 N–H and O–H groups in total. The van der Waals surface area contributed by atoms with Crippen molar-refractivity contribution in [2.45, 2.75) is 25.9 Å². The van der Waals surface area contributed by atoms with E-state index in [2.05, 4.69) is 5.32 Å². The van der Waals surface area contributed by atoms with Crippen molar-refractivity contribution in [3.05, 3.63) is 0 Å². The van der Waals surface area contributed by atoms with Gasteiger partial charge in [-0.15, -0.1) is 0 Å². The Morgan fingerprint density at radius 1 is 1.33 bits per heavy atom. The zero-order valence-corrected chi connectivity index (χ0v) is 9.42.